The zero-order chi connectivity index (χ0) is 17.4. The van der Waals surface area contributed by atoms with Crippen molar-refractivity contribution in [3.63, 3.8) is 0 Å². The van der Waals surface area contributed by atoms with Crippen LogP contribution < -0.4 is 15.4 Å². The second-order valence-corrected chi connectivity index (χ2v) is 5.57. The molecular formula is C17H23N5O2. The Morgan fingerprint density at radius 2 is 1.75 bits per heavy atom. The Kier molecular flexibility index (Phi) is 6.51. The number of carbonyl (C=O) groups is 1. The molecule has 1 amide bonds. The number of aromatic nitrogens is 2. The van der Waals surface area contributed by atoms with E-state index in [0.717, 1.165) is 19.5 Å². The minimum absolute atomic E-state index is 0.237. The lowest BCUT2D eigenvalue weighted by Gasteiger charge is -2.10. The van der Waals surface area contributed by atoms with E-state index in [1.165, 1.54) is 0 Å². The topological polar surface area (TPSA) is 79.4 Å². The first kappa shape index (κ1) is 17.7. The third-order valence-electron chi connectivity index (χ3n) is 3.35. The Morgan fingerprint density at radius 1 is 1.08 bits per heavy atom. The summed E-state index contributed by atoms with van der Waals surface area (Å²) in [5.41, 5.74) is 0.531. The molecule has 0 aliphatic heterocycles. The van der Waals surface area contributed by atoms with Crippen LogP contribution in [-0.4, -0.2) is 55.3 Å². The van der Waals surface area contributed by atoms with Gasteiger partial charge in [-0.25, -0.2) is 0 Å². The van der Waals surface area contributed by atoms with E-state index in [1.54, 1.807) is 43.5 Å². The fourth-order valence-corrected chi connectivity index (χ4v) is 2.04. The standard InChI is InChI=1S/C17H23N5O2/c1-22(2)12-4-11-18-15-9-10-16(21-20-15)19-17(23)13-5-7-14(24-3)8-6-13/h5-10H,4,11-12H2,1-3H3,(H,18,20)(H,19,21,23). The third kappa shape index (κ3) is 5.51. The van der Waals surface area contributed by atoms with Crippen molar-refractivity contribution >= 4 is 17.5 Å². The van der Waals surface area contributed by atoms with Crippen LogP contribution in [0.5, 0.6) is 5.75 Å². The summed E-state index contributed by atoms with van der Waals surface area (Å²) < 4.78 is 5.07. The first-order chi connectivity index (χ1) is 11.6. The van der Waals surface area contributed by atoms with Crippen molar-refractivity contribution in [3.8, 4) is 5.75 Å². The fourth-order valence-electron chi connectivity index (χ4n) is 2.04. The average Bonchev–Trinajstić information content (AvgIpc) is 2.60. The Morgan fingerprint density at radius 3 is 2.33 bits per heavy atom. The van der Waals surface area contributed by atoms with E-state index in [0.29, 0.717) is 22.9 Å². The van der Waals surface area contributed by atoms with Gasteiger partial charge in [0.05, 0.1) is 7.11 Å². The van der Waals surface area contributed by atoms with Gasteiger partial charge in [-0.3, -0.25) is 4.79 Å². The number of rotatable bonds is 8. The molecule has 0 spiro atoms. The van der Waals surface area contributed by atoms with Gasteiger partial charge >= 0.3 is 0 Å². The molecule has 0 saturated carbocycles. The van der Waals surface area contributed by atoms with Gasteiger partial charge in [0.1, 0.15) is 11.6 Å². The molecule has 7 nitrogen and oxygen atoms in total. The van der Waals surface area contributed by atoms with E-state index >= 15 is 0 Å². The highest BCUT2D eigenvalue weighted by Crippen LogP contribution is 2.13. The van der Waals surface area contributed by atoms with Crippen molar-refractivity contribution < 1.29 is 9.53 Å². The largest absolute Gasteiger partial charge is 0.497 e. The van der Waals surface area contributed by atoms with Gasteiger partial charge in [0.25, 0.3) is 5.91 Å². The Labute approximate surface area is 142 Å². The van der Waals surface area contributed by atoms with Crippen molar-refractivity contribution in [1.29, 1.82) is 0 Å². The molecular weight excluding hydrogens is 306 g/mol. The van der Waals surface area contributed by atoms with Gasteiger partial charge in [0.2, 0.25) is 0 Å². The Hall–Kier alpha value is -2.67. The number of carbonyl (C=O) groups excluding carboxylic acids is 1. The minimum Gasteiger partial charge on any atom is -0.497 e. The third-order valence-corrected chi connectivity index (χ3v) is 3.35. The molecule has 0 aliphatic rings. The quantitative estimate of drug-likeness (QED) is 0.722. The Balaban J connectivity index is 1.85. The van der Waals surface area contributed by atoms with E-state index in [9.17, 15) is 4.79 Å². The number of nitrogens with one attached hydrogen (secondary N) is 2. The predicted molar refractivity (Wildman–Crippen MR) is 94.6 cm³/mol. The van der Waals surface area contributed by atoms with Crippen molar-refractivity contribution in [2.45, 2.75) is 6.42 Å². The van der Waals surface area contributed by atoms with Crippen LogP contribution in [0.3, 0.4) is 0 Å². The van der Waals surface area contributed by atoms with Crippen LogP contribution in [-0.2, 0) is 0 Å². The number of methoxy groups -OCH3 is 1. The number of ether oxygens (including phenoxy) is 1. The molecule has 0 atom stereocenters. The summed E-state index contributed by atoms with van der Waals surface area (Å²) in [6.45, 7) is 1.83. The lowest BCUT2D eigenvalue weighted by atomic mass is 10.2. The van der Waals surface area contributed by atoms with Gasteiger partial charge in [0, 0.05) is 12.1 Å². The van der Waals surface area contributed by atoms with E-state index in [-0.39, 0.29) is 5.91 Å². The highest BCUT2D eigenvalue weighted by molar-refractivity contribution is 6.03. The molecule has 2 aromatic rings. The average molecular weight is 329 g/mol. The molecule has 0 bridgehead atoms. The van der Waals surface area contributed by atoms with Crippen LogP contribution >= 0.6 is 0 Å². The fraction of sp³-hybridized carbons (Fsp3) is 0.353. The summed E-state index contributed by atoms with van der Waals surface area (Å²) in [6.07, 6.45) is 1.02. The molecule has 2 rings (SSSR count). The van der Waals surface area contributed by atoms with Crippen molar-refractivity contribution in [1.82, 2.24) is 15.1 Å². The van der Waals surface area contributed by atoms with Gasteiger partial charge in [-0.15, -0.1) is 10.2 Å². The summed E-state index contributed by atoms with van der Waals surface area (Å²) in [5, 5.41) is 14.0. The maximum atomic E-state index is 12.1. The number of hydrogen-bond acceptors (Lipinski definition) is 6. The van der Waals surface area contributed by atoms with Crippen LogP contribution in [0.2, 0.25) is 0 Å². The predicted octanol–water partition coefficient (Wildman–Crippen LogP) is 2.10. The molecule has 128 valence electrons. The number of benzene rings is 1. The molecule has 2 N–H and O–H groups in total. The van der Waals surface area contributed by atoms with Gasteiger partial charge < -0.3 is 20.3 Å². The number of amides is 1. The Bertz CT molecular complexity index is 641. The van der Waals surface area contributed by atoms with E-state index in [1.807, 2.05) is 14.1 Å². The van der Waals surface area contributed by atoms with Crippen LogP contribution in [0, 0.1) is 0 Å². The highest BCUT2D eigenvalue weighted by atomic mass is 16.5. The zero-order valence-corrected chi connectivity index (χ0v) is 14.2. The number of anilines is 2. The number of hydrogen-bond donors (Lipinski definition) is 2. The van der Waals surface area contributed by atoms with Crippen LogP contribution in [0.25, 0.3) is 0 Å². The van der Waals surface area contributed by atoms with Gasteiger partial charge in [-0.2, -0.15) is 0 Å². The van der Waals surface area contributed by atoms with Crippen molar-refractivity contribution in [2.24, 2.45) is 0 Å². The second-order valence-electron chi connectivity index (χ2n) is 5.57. The molecule has 1 aromatic carbocycles. The summed E-state index contributed by atoms with van der Waals surface area (Å²) >= 11 is 0. The molecule has 0 radical (unpaired) electrons. The van der Waals surface area contributed by atoms with Crippen LogP contribution in [0.4, 0.5) is 11.6 Å². The number of nitrogens with zero attached hydrogens (tertiary/aromatic N) is 3. The van der Waals surface area contributed by atoms with Crippen molar-refractivity contribution in [2.75, 3.05) is 44.9 Å². The van der Waals surface area contributed by atoms with Crippen LogP contribution in [0.15, 0.2) is 36.4 Å². The monoisotopic (exact) mass is 329 g/mol. The minimum atomic E-state index is -0.237. The maximum Gasteiger partial charge on any atom is 0.256 e. The molecule has 0 aliphatic carbocycles. The highest BCUT2D eigenvalue weighted by Gasteiger charge is 2.07. The maximum absolute atomic E-state index is 12.1. The van der Waals surface area contributed by atoms with Gasteiger partial charge in [-0.1, -0.05) is 0 Å². The molecule has 0 unspecified atom stereocenters. The molecule has 24 heavy (non-hydrogen) atoms. The van der Waals surface area contributed by atoms with E-state index in [4.69, 9.17) is 4.74 Å². The summed E-state index contributed by atoms with van der Waals surface area (Å²) in [5.74, 6) is 1.57. The zero-order valence-electron chi connectivity index (χ0n) is 14.2. The lowest BCUT2D eigenvalue weighted by Crippen LogP contribution is -2.17. The molecule has 1 heterocycles. The summed E-state index contributed by atoms with van der Waals surface area (Å²) in [6, 6.07) is 10.4. The van der Waals surface area contributed by atoms with Crippen LogP contribution in [0.1, 0.15) is 16.8 Å². The lowest BCUT2D eigenvalue weighted by molar-refractivity contribution is 0.102. The van der Waals surface area contributed by atoms with E-state index < -0.39 is 0 Å². The first-order valence-corrected chi connectivity index (χ1v) is 7.76. The summed E-state index contributed by atoms with van der Waals surface area (Å²) in [7, 11) is 5.67. The SMILES string of the molecule is COc1ccc(C(=O)Nc2ccc(NCCCN(C)C)nn2)cc1. The molecule has 0 fully saturated rings. The summed E-state index contributed by atoms with van der Waals surface area (Å²) in [4.78, 5) is 14.3. The normalized spacial score (nSPS) is 10.5. The van der Waals surface area contributed by atoms with Gasteiger partial charge in [-0.05, 0) is 63.5 Å². The van der Waals surface area contributed by atoms with E-state index in [2.05, 4.69) is 25.7 Å². The van der Waals surface area contributed by atoms with Gasteiger partial charge in [0.15, 0.2) is 5.82 Å². The van der Waals surface area contributed by atoms with Crippen molar-refractivity contribution in [3.05, 3.63) is 42.0 Å². The smallest absolute Gasteiger partial charge is 0.256 e. The second kappa shape index (κ2) is 8.83. The first-order valence-electron chi connectivity index (χ1n) is 7.76. The molecule has 7 heteroatoms. The molecule has 1 aromatic heterocycles. The molecule has 0 saturated heterocycles.